The highest BCUT2D eigenvalue weighted by molar-refractivity contribution is 6.34. The highest BCUT2D eigenvalue weighted by Gasteiger charge is 2.19. The summed E-state index contributed by atoms with van der Waals surface area (Å²) >= 11 is 0. The topological polar surface area (TPSA) is 136 Å². The summed E-state index contributed by atoms with van der Waals surface area (Å²) in [5.41, 5.74) is 10.6. The number of aliphatic carboxylic acids is 1. The lowest BCUT2D eigenvalue weighted by atomic mass is 10.1. The Labute approximate surface area is 86.8 Å². The van der Waals surface area contributed by atoms with Crippen LogP contribution < -0.4 is 16.8 Å². The third kappa shape index (κ3) is 5.76. The molecule has 7 nitrogen and oxygen atoms in total. The fourth-order valence-electron chi connectivity index (χ4n) is 0.898. The van der Waals surface area contributed by atoms with Gasteiger partial charge >= 0.3 is 11.9 Å². The first-order valence-electron chi connectivity index (χ1n) is 4.52. The minimum Gasteiger partial charge on any atom is -0.474 e. The van der Waals surface area contributed by atoms with E-state index < -0.39 is 23.8 Å². The zero-order chi connectivity index (χ0) is 11.8. The van der Waals surface area contributed by atoms with Gasteiger partial charge in [-0.1, -0.05) is 6.42 Å². The normalized spacial score (nSPS) is 11.9. The van der Waals surface area contributed by atoms with Crippen LogP contribution in [0.5, 0.6) is 0 Å². The Bertz CT molecular complexity index is 254. The van der Waals surface area contributed by atoms with Crippen molar-refractivity contribution in [3.63, 3.8) is 0 Å². The van der Waals surface area contributed by atoms with Crippen LogP contribution in [-0.4, -0.2) is 35.5 Å². The standard InChI is InChI=1S/C8H15N3O4/c9-4-2-1-3-5(10)6(12)11-7(13)8(14)15/h5H,1-4,9-10H2,(H,14,15)(H,11,12,13)/t5-/m0/s1. The molecule has 0 heterocycles. The predicted octanol–water partition coefficient (Wildman–Crippen LogP) is -1.83. The molecule has 0 aliphatic carbocycles. The SMILES string of the molecule is NCCCC[C@H](N)C(=O)NC(=O)C(=O)O. The average molecular weight is 217 g/mol. The summed E-state index contributed by atoms with van der Waals surface area (Å²) in [6.45, 7) is 0.502. The molecule has 0 aliphatic heterocycles. The van der Waals surface area contributed by atoms with Crippen molar-refractivity contribution in [1.29, 1.82) is 0 Å². The number of imide groups is 1. The molecule has 0 spiro atoms. The number of carboxylic acids is 1. The van der Waals surface area contributed by atoms with Crippen LogP contribution in [0.25, 0.3) is 0 Å². The average Bonchev–Trinajstić information content (AvgIpc) is 2.17. The van der Waals surface area contributed by atoms with Crippen molar-refractivity contribution in [3.05, 3.63) is 0 Å². The van der Waals surface area contributed by atoms with Crippen LogP contribution in [0.1, 0.15) is 19.3 Å². The fraction of sp³-hybridized carbons (Fsp3) is 0.625. The van der Waals surface area contributed by atoms with Crippen molar-refractivity contribution in [3.8, 4) is 0 Å². The van der Waals surface area contributed by atoms with Gasteiger partial charge in [0.05, 0.1) is 6.04 Å². The molecule has 7 heteroatoms. The van der Waals surface area contributed by atoms with Crippen LogP contribution >= 0.6 is 0 Å². The van der Waals surface area contributed by atoms with Gasteiger partial charge in [-0.15, -0.1) is 0 Å². The Morgan fingerprint density at radius 3 is 2.33 bits per heavy atom. The number of hydrogen-bond acceptors (Lipinski definition) is 5. The molecule has 0 saturated carbocycles. The molecular formula is C8H15N3O4. The lowest BCUT2D eigenvalue weighted by Gasteiger charge is -2.09. The van der Waals surface area contributed by atoms with E-state index in [1.165, 1.54) is 0 Å². The number of carbonyl (C=O) groups excluding carboxylic acids is 2. The van der Waals surface area contributed by atoms with Gasteiger partial charge in [-0.25, -0.2) is 4.79 Å². The van der Waals surface area contributed by atoms with E-state index in [1.54, 1.807) is 5.32 Å². The van der Waals surface area contributed by atoms with E-state index in [-0.39, 0.29) is 0 Å². The third-order valence-corrected chi connectivity index (χ3v) is 1.74. The minimum absolute atomic E-state index is 0.371. The van der Waals surface area contributed by atoms with Gasteiger partial charge in [0, 0.05) is 0 Å². The molecule has 15 heavy (non-hydrogen) atoms. The molecule has 0 aromatic heterocycles. The Morgan fingerprint density at radius 2 is 1.87 bits per heavy atom. The Balaban J connectivity index is 3.88. The van der Waals surface area contributed by atoms with Gasteiger partial charge in [0.1, 0.15) is 0 Å². The number of amides is 2. The van der Waals surface area contributed by atoms with Crippen LogP contribution in [0.3, 0.4) is 0 Å². The summed E-state index contributed by atoms with van der Waals surface area (Å²) in [5, 5.41) is 9.88. The number of carbonyl (C=O) groups is 3. The van der Waals surface area contributed by atoms with E-state index in [2.05, 4.69) is 0 Å². The van der Waals surface area contributed by atoms with Gasteiger partial charge in [-0.2, -0.15) is 0 Å². The summed E-state index contributed by atoms with van der Waals surface area (Å²) in [7, 11) is 0. The summed E-state index contributed by atoms with van der Waals surface area (Å²) in [6.07, 6.45) is 1.76. The van der Waals surface area contributed by atoms with Crippen LogP contribution in [-0.2, 0) is 14.4 Å². The van der Waals surface area contributed by atoms with Crippen molar-refractivity contribution >= 4 is 17.8 Å². The molecular weight excluding hydrogens is 202 g/mol. The first kappa shape index (κ1) is 13.5. The van der Waals surface area contributed by atoms with Gasteiger partial charge in [-0.05, 0) is 19.4 Å². The molecule has 0 fully saturated rings. The monoisotopic (exact) mass is 217 g/mol. The maximum Gasteiger partial charge on any atom is 0.394 e. The van der Waals surface area contributed by atoms with Crippen LogP contribution in [0, 0.1) is 0 Å². The highest BCUT2D eigenvalue weighted by Crippen LogP contribution is 1.97. The van der Waals surface area contributed by atoms with Crippen molar-refractivity contribution in [2.45, 2.75) is 25.3 Å². The fourth-order valence-corrected chi connectivity index (χ4v) is 0.898. The quantitative estimate of drug-likeness (QED) is 0.316. The molecule has 0 aliphatic rings. The number of carboxylic acid groups (broad SMARTS) is 1. The van der Waals surface area contributed by atoms with Crippen molar-refractivity contribution in [2.24, 2.45) is 11.5 Å². The summed E-state index contributed by atoms with van der Waals surface area (Å²) in [6, 6.07) is -0.875. The second kappa shape index (κ2) is 6.91. The number of hydrogen-bond donors (Lipinski definition) is 4. The lowest BCUT2D eigenvalue weighted by Crippen LogP contribution is -2.45. The molecule has 0 aromatic rings. The second-order valence-corrected chi connectivity index (χ2v) is 3.01. The largest absolute Gasteiger partial charge is 0.474 e. The van der Waals surface area contributed by atoms with E-state index in [0.29, 0.717) is 19.4 Å². The minimum atomic E-state index is -1.71. The predicted molar refractivity (Wildman–Crippen MR) is 51.7 cm³/mol. The number of nitrogens with one attached hydrogen (secondary N) is 1. The van der Waals surface area contributed by atoms with E-state index in [4.69, 9.17) is 16.6 Å². The number of unbranched alkanes of at least 4 members (excludes halogenated alkanes) is 1. The molecule has 2 amide bonds. The maximum absolute atomic E-state index is 11.1. The molecule has 86 valence electrons. The molecule has 6 N–H and O–H groups in total. The summed E-state index contributed by atoms with van der Waals surface area (Å²) in [5.74, 6) is -3.86. The van der Waals surface area contributed by atoms with Crippen molar-refractivity contribution < 1.29 is 19.5 Å². The van der Waals surface area contributed by atoms with E-state index >= 15 is 0 Å². The van der Waals surface area contributed by atoms with Crippen molar-refractivity contribution in [1.82, 2.24) is 5.32 Å². The van der Waals surface area contributed by atoms with Crippen LogP contribution in [0.2, 0.25) is 0 Å². The van der Waals surface area contributed by atoms with Crippen LogP contribution in [0.4, 0.5) is 0 Å². The zero-order valence-electron chi connectivity index (χ0n) is 8.23. The highest BCUT2D eigenvalue weighted by atomic mass is 16.4. The van der Waals surface area contributed by atoms with Gasteiger partial charge in [0.25, 0.3) is 0 Å². The summed E-state index contributed by atoms with van der Waals surface area (Å²) in [4.78, 5) is 31.8. The Kier molecular flexibility index (Phi) is 6.23. The smallest absolute Gasteiger partial charge is 0.394 e. The van der Waals surface area contributed by atoms with E-state index in [1.807, 2.05) is 0 Å². The molecule has 0 bridgehead atoms. The molecule has 1 atom stereocenters. The molecule has 0 unspecified atom stereocenters. The van der Waals surface area contributed by atoms with E-state index in [9.17, 15) is 14.4 Å². The molecule has 0 radical (unpaired) electrons. The molecule has 0 rings (SSSR count). The summed E-state index contributed by atoms with van der Waals surface area (Å²) < 4.78 is 0. The Hall–Kier alpha value is -1.47. The number of rotatable bonds is 5. The molecule has 0 saturated heterocycles. The third-order valence-electron chi connectivity index (χ3n) is 1.74. The maximum atomic E-state index is 11.1. The van der Waals surface area contributed by atoms with Gasteiger partial charge in [0.15, 0.2) is 0 Å². The van der Waals surface area contributed by atoms with Crippen LogP contribution in [0.15, 0.2) is 0 Å². The van der Waals surface area contributed by atoms with Crippen molar-refractivity contribution in [2.75, 3.05) is 6.54 Å². The molecule has 0 aromatic carbocycles. The lowest BCUT2D eigenvalue weighted by molar-refractivity contribution is -0.152. The number of nitrogens with two attached hydrogens (primary N) is 2. The zero-order valence-corrected chi connectivity index (χ0v) is 8.23. The van der Waals surface area contributed by atoms with Gasteiger partial charge in [0.2, 0.25) is 5.91 Å². The van der Waals surface area contributed by atoms with E-state index in [0.717, 1.165) is 6.42 Å². The Morgan fingerprint density at radius 1 is 1.27 bits per heavy atom. The van der Waals surface area contributed by atoms with Gasteiger partial charge in [-0.3, -0.25) is 14.9 Å². The first-order chi connectivity index (χ1) is 6.99. The first-order valence-corrected chi connectivity index (χ1v) is 4.52. The second-order valence-electron chi connectivity index (χ2n) is 3.01. The van der Waals surface area contributed by atoms with Gasteiger partial charge < -0.3 is 16.6 Å².